The summed E-state index contributed by atoms with van der Waals surface area (Å²) in [4.78, 5) is 32.7. The van der Waals surface area contributed by atoms with Crippen LogP contribution in [0.1, 0.15) is 33.1 Å². The number of carbonyl (C=O) groups is 3. The number of carboxylic acids is 3. The molecule has 0 radical (unpaired) electrons. The lowest BCUT2D eigenvalue weighted by Crippen LogP contribution is -2.35. The summed E-state index contributed by atoms with van der Waals surface area (Å²) in [6.45, 7) is 3.58. The van der Waals surface area contributed by atoms with Crippen molar-refractivity contribution in [1.29, 1.82) is 0 Å². The standard InChI is InChI=1S/C10H18N2O6.C2H6/c11-7(10(17)18)3-1-2-4-12(5-8(13)14)6-9(15)16;1-2/h7H,1-6,11H2,(H,13,14)(H,15,16)(H,17,18);1-2H3. The molecule has 0 bridgehead atoms. The highest BCUT2D eigenvalue weighted by Gasteiger charge is 2.14. The Morgan fingerprint density at radius 3 is 1.80 bits per heavy atom. The van der Waals surface area contributed by atoms with E-state index < -0.39 is 23.9 Å². The quantitative estimate of drug-likeness (QED) is 0.414. The molecule has 5 N–H and O–H groups in total. The zero-order chi connectivity index (χ0) is 16.1. The van der Waals surface area contributed by atoms with Crippen molar-refractivity contribution in [2.24, 2.45) is 5.73 Å². The van der Waals surface area contributed by atoms with Gasteiger partial charge in [-0.1, -0.05) is 20.3 Å². The molecule has 0 spiro atoms. The van der Waals surface area contributed by atoms with Gasteiger partial charge in [0.15, 0.2) is 0 Å². The summed E-state index contributed by atoms with van der Waals surface area (Å²) < 4.78 is 0. The molecule has 0 aromatic carbocycles. The molecule has 118 valence electrons. The zero-order valence-corrected chi connectivity index (χ0v) is 11.9. The second-order valence-electron chi connectivity index (χ2n) is 3.94. The highest BCUT2D eigenvalue weighted by Crippen LogP contribution is 2.02. The molecule has 20 heavy (non-hydrogen) atoms. The molecule has 0 aromatic heterocycles. The first-order chi connectivity index (χ1) is 9.32. The maximum atomic E-state index is 10.5. The molecule has 0 aromatic rings. The molecule has 1 atom stereocenters. The van der Waals surface area contributed by atoms with Crippen LogP contribution < -0.4 is 5.73 Å². The summed E-state index contributed by atoms with van der Waals surface area (Å²) in [7, 11) is 0. The topological polar surface area (TPSA) is 141 Å². The molecule has 0 rings (SSSR count). The molecule has 8 nitrogen and oxygen atoms in total. The number of hydrogen-bond acceptors (Lipinski definition) is 5. The van der Waals surface area contributed by atoms with Crippen molar-refractivity contribution >= 4 is 17.9 Å². The lowest BCUT2D eigenvalue weighted by molar-refractivity contribution is -0.142. The van der Waals surface area contributed by atoms with E-state index in [1.165, 1.54) is 4.90 Å². The number of carboxylic acid groups (broad SMARTS) is 3. The maximum Gasteiger partial charge on any atom is 0.320 e. The molecule has 0 heterocycles. The molecule has 0 aliphatic rings. The van der Waals surface area contributed by atoms with Crippen LogP contribution in [0.3, 0.4) is 0 Å². The number of aliphatic carboxylic acids is 3. The van der Waals surface area contributed by atoms with Crippen molar-refractivity contribution in [3.63, 3.8) is 0 Å². The Bertz CT molecular complexity index is 292. The van der Waals surface area contributed by atoms with Crippen LogP contribution in [0.25, 0.3) is 0 Å². The van der Waals surface area contributed by atoms with Crippen molar-refractivity contribution in [1.82, 2.24) is 4.90 Å². The largest absolute Gasteiger partial charge is 0.480 e. The normalized spacial score (nSPS) is 11.4. The van der Waals surface area contributed by atoms with E-state index in [2.05, 4.69) is 0 Å². The Kier molecular flexibility index (Phi) is 12.8. The molecule has 0 aliphatic heterocycles. The fourth-order valence-electron chi connectivity index (χ4n) is 1.42. The van der Waals surface area contributed by atoms with Gasteiger partial charge in [-0.2, -0.15) is 0 Å². The molecule has 0 amide bonds. The lowest BCUT2D eigenvalue weighted by atomic mass is 10.1. The van der Waals surface area contributed by atoms with E-state index in [1.54, 1.807) is 0 Å². The predicted octanol–water partition coefficient (Wildman–Crippen LogP) is 0.0660. The van der Waals surface area contributed by atoms with Crippen LogP contribution in [0, 0.1) is 0 Å². The van der Waals surface area contributed by atoms with Gasteiger partial charge in [-0.3, -0.25) is 19.3 Å². The number of hydrogen-bond donors (Lipinski definition) is 4. The van der Waals surface area contributed by atoms with Gasteiger partial charge in [-0.25, -0.2) is 0 Å². The van der Waals surface area contributed by atoms with Crippen LogP contribution in [0.15, 0.2) is 0 Å². The third kappa shape index (κ3) is 12.8. The van der Waals surface area contributed by atoms with Crippen LogP contribution in [-0.2, 0) is 14.4 Å². The third-order valence-electron chi connectivity index (χ3n) is 2.27. The zero-order valence-electron chi connectivity index (χ0n) is 11.9. The summed E-state index contributed by atoms with van der Waals surface area (Å²) in [5.41, 5.74) is 5.29. The fraction of sp³-hybridized carbons (Fsp3) is 0.750. The van der Waals surface area contributed by atoms with Crippen molar-refractivity contribution in [3.05, 3.63) is 0 Å². The number of unbranched alkanes of at least 4 members (excludes halogenated alkanes) is 1. The summed E-state index contributed by atoms with van der Waals surface area (Å²) in [5, 5.41) is 25.7. The summed E-state index contributed by atoms with van der Waals surface area (Å²) in [6.07, 6.45) is 1.29. The first-order valence-electron chi connectivity index (χ1n) is 6.47. The Balaban J connectivity index is 0. The average Bonchev–Trinajstić information content (AvgIpc) is 2.35. The summed E-state index contributed by atoms with van der Waals surface area (Å²) >= 11 is 0. The van der Waals surface area contributed by atoms with Crippen molar-refractivity contribution in [2.45, 2.75) is 39.2 Å². The van der Waals surface area contributed by atoms with Gasteiger partial charge < -0.3 is 21.1 Å². The lowest BCUT2D eigenvalue weighted by Gasteiger charge is -2.17. The Morgan fingerprint density at radius 1 is 1.00 bits per heavy atom. The second-order valence-corrected chi connectivity index (χ2v) is 3.94. The van der Waals surface area contributed by atoms with Gasteiger partial charge in [0.1, 0.15) is 6.04 Å². The minimum Gasteiger partial charge on any atom is -0.480 e. The molecule has 8 heteroatoms. The van der Waals surface area contributed by atoms with E-state index in [0.29, 0.717) is 12.8 Å². The van der Waals surface area contributed by atoms with Gasteiger partial charge in [0.25, 0.3) is 0 Å². The summed E-state index contributed by atoms with van der Waals surface area (Å²) in [5.74, 6) is -3.28. The Hall–Kier alpha value is -1.67. The van der Waals surface area contributed by atoms with Crippen LogP contribution in [0.5, 0.6) is 0 Å². The second kappa shape index (κ2) is 12.4. The van der Waals surface area contributed by atoms with E-state index in [0.717, 1.165) is 0 Å². The molecular weight excluding hydrogens is 268 g/mol. The van der Waals surface area contributed by atoms with Crippen LogP contribution >= 0.6 is 0 Å². The van der Waals surface area contributed by atoms with Crippen LogP contribution in [0.2, 0.25) is 0 Å². The molecule has 0 saturated carbocycles. The van der Waals surface area contributed by atoms with E-state index in [-0.39, 0.29) is 26.1 Å². The number of nitrogens with zero attached hydrogens (tertiary/aromatic N) is 1. The highest BCUT2D eigenvalue weighted by molar-refractivity contribution is 5.73. The van der Waals surface area contributed by atoms with Gasteiger partial charge in [-0.05, 0) is 19.4 Å². The van der Waals surface area contributed by atoms with Crippen molar-refractivity contribution in [3.8, 4) is 0 Å². The Morgan fingerprint density at radius 2 is 1.45 bits per heavy atom. The molecular formula is C12H24N2O6. The van der Waals surface area contributed by atoms with Gasteiger partial charge in [-0.15, -0.1) is 0 Å². The maximum absolute atomic E-state index is 10.5. The monoisotopic (exact) mass is 292 g/mol. The minimum absolute atomic E-state index is 0.281. The number of rotatable bonds is 10. The first kappa shape index (κ1) is 20.6. The van der Waals surface area contributed by atoms with Gasteiger partial charge in [0.2, 0.25) is 0 Å². The Labute approximate surface area is 118 Å². The highest BCUT2D eigenvalue weighted by atomic mass is 16.4. The summed E-state index contributed by atoms with van der Waals surface area (Å²) in [6, 6.07) is -0.933. The fourth-order valence-corrected chi connectivity index (χ4v) is 1.42. The third-order valence-corrected chi connectivity index (χ3v) is 2.27. The van der Waals surface area contributed by atoms with Gasteiger partial charge >= 0.3 is 17.9 Å². The SMILES string of the molecule is CC.NC(CCCCN(CC(=O)O)CC(=O)O)C(=O)O. The van der Waals surface area contributed by atoms with E-state index in [1.807, 2.05) is 13.8 Å². The molecule has 0 aliphatic carbocycles. The first-order valence-corrected chi connectivity index (χ1v) is 6.47. The minimum atomic E-state index is -1.10. The number of nitrogens with two attached hydrogens (primary N) is 1. The van der Waals surface area contributed by atoms with E-state index >= 15 is 0 Å². The van der Waals surface area contributed by atoms with Crippen LogP contribution in [-0.4, -0.2) is 63.8 Å². The smallest absolute Gasteiger partial charge is 0.320 e. The van der Waals surface area contributed by atoms with Crippen molar-refractivity contribution < 1.29 is 29.7 Å². The predicted molar refractivity (Wildman–Crippen MR) is 72.5 cm³/mol. The van der Waals surface area contributed by atoms with Gasteiger partial charge in [0, 0.05) is 0 Å². The average molecular weight is 292 g/mol. The molecule has 0 saturated heterocycles. The molecule has 1 unspecified atom stereocenters. The van der Waals surface area contributed by atoms with Crippen molar-refractivity contribution in [2.75, 3.05) is 19.6 Å². The van der Waals surface area contributed by atoms with Gasteiger partial charge in [0.05, 0.1) is 13.1 Å². The van der Waals surface area contributed by atoms with E-state index in [9.17, 15) is 14.4 Å². The van der Waals surface area contributed by atoms with Crippen LogP contribution in [0.4, 0.5) is 0 Å². The molecule has 0 fully saturated rings. The van der Waals surface area contributed by atoms with E-state index in [4.69, 9.17) is 21.1 Å².